The summed E-state index contributed by atoms with van der Waals surface area (Å²) >= 11 is 0. The summed E-state index contributed by atoms with van der Waals surface area (Å²) in [7, 11) is 0. The molecule has 33 heavy (non-hydrogen) atoms. The first-order valence-corrected chi connectivity index (χ1v) is 12.5. The molecule has 3 aliphatic rings. The summed E-state index contributed by atoms with van der Waals surface area (Å²) in [5.41, 5.74) is 3.13. The molecule has 1 aromatic carbocycles. The maximum absolute atomic E-state index is 12.3. The first-order chi connectivity index (χ1) is 16.1. The number of amidine groups is 1. The van der Waals surface area contributed by atoms with Crippen LogP contribution in [-0.4, -0.2) is 45.2 Å². The molecule has 0 atom stereocenters. The molecule has 176 valence electrons. The molecule has 5 rings (SSSR count). The van der Waals surface area contributed by atoms with Crippen LogP contribution in [-0.2, 0) is 4.79 Å². The van der Waals surface area contributed by atoms with Crippen molar-refractivity contribution >= 4 is 28.4 Å². The van der Waals surface area contributed by atoms with Crippen LogP contribution in [0.1, 0.15) is 76.3 Å². The third-order valence-corrected chi connectivity index (χ3v) is 7.37. The predicted molar refractivity (Wildman–Crippen MR) is 135 cm³/mol. The van der Waals surface area contributed by atoms with Crippen molar-refractivity contribution < 1.29 is 4.79 Å². The Labute approximate surface area is 197 Å². The summed E-state index contributed by atoms with van der Waals surface area (Å²) in [6.45, 7) is 9.53. The van der Waals surface area contributed by atoms with Gasteiger partial charge in [-0.2, -0.15) is 5.10 Å². The van der Waals surface area contributed by atoms with Gasteiger partial charge in [0, 0.05) is 36.5 Å². The van der Waals surface area contributed by atoms with Gasteiger partial charge in [0.25, 0.3) is 0 Å². The highest BCUT2D eigenvalue weighted by molar-refractivity contribution is 6.07. The van der Waals surface area contributed by atoms with E-state index in [-0.39, 0.29) is 5.92 Å². The quantitative estimate of drug-likeness (QED) is 0.358. The molecule has 2 heterocycles. The van der Waals surface area contributed by atoms with Crippen molar-refractivity contribution in [3.8, 4) is 0 Å². The van der Waals surface area contributed by atoms with Crippen LogP contribution >= 0.6 is 0 Å². The number of nitrogens with one attached hydrogen (secondary N) is 1. The zero-order valence-electron chi connectivity index (χ0n) is 19.9. The molecule has 1 aliphatic heterocycles. The highest BCUT2D eigenvalue weighted by atomic mass is 16.2. The SMILES string of the molecule is C=C.CC(=NC(=N)C1CCN(C(=O)CC2CC2)CC1)c1ccc2cnn(C3CCCC3)c2c1. The number of aliphatic imine (C=N–C) groups is 1. The third-order valence-electron chi connectivity index (χ3n) is 7.37. The molecular formula is C27H37N5O. The maximum atomic E-state index is 12.3. The number of piperidine rings is 1. The van der Waals surface area contributed by atoms with Crippen LogP contribution in [0, 0.1) is 17.2 Å². The summed E-state index contributed by atoms with van der Waals surface area (Å²) in [6.07, 6.45) is 11.8. The molecule has 2 aromatic rings. The van der Waals surface area contributed by atoms with Gasteiger partial charge < -0.3 is 4.90 Å². The Morgan fingerprint density at radius 3 is 2.48 bits per heavy atom. The van der Waals surface area contributed by atoms with Crippen molar-refractivity contribution in [1.29, 1.82) is 5.41 Å². The molecular weight excluding hydrogens is 410 g/mol. The van der Waals surface area contributed by atoms with Crippen LogP contribution in [0.15, 0.2) is 42.5 Å². The lowest BCUT2D eigenvalue weighted by Gasteiger charge is -2.31. The van der Waals surface area contributed by atoms with Crippen molar-refractivity contribution in [2.24, 2.45) is 16.8 Å². The first-order valence-electron chi connectivity index (χ1n) is 12.5. The van der Waals surface area contributed by atoms with Gasteiger partial charge >= 0.3 is 0 Å². The molecule has 1 aromatic heterocycles. The number of nitrogens with zero attached hydrogens (tertiary/aromatic N) is 4. The second kappa shape index (κ2) is 10.4. The summed E-state index contributed by atoms with van der Waals surface area (Å²) in [5.74, 6) is 1.54. The molecule has 0 radical (unpaired) electrons. The van der Waals surface area contributed by atoms with E-state index in [0.29, 0.717) is 23.7 Å². The van der Waals surface area contributed by atoms with Gasteiger partial charge in [-0.3, -0.25) is 14.9 Å². The molecule has 0 bridgehead atoms. The van der Waals surface area contributed by atoms with Crippen molar-refractivity contribution in [3.63, 3.8) is 0 Å². The zero-order chi connectivity index (χ0) is 23.4. The van der Waals surface area contributed by atoms with E-state index in [4.69, 9.17) is 5.41 Å². The van der Waals surface area contributed by atoms with E-state index in [1.54, 1.807) is 0 Å². The van der Waals surface area contributed by atoms with E-state index in [1.807, 2.05) is 18.0 Å². The summed E-state index contributed by atoms with van der Waals surface area (Å²) in [5, 5.41) is 14.4. The van der Waals surface area contributed by atoms with Crippen LogP contribution < -0.4 is 0 Å². The summed E-state index contributed by atoms with van der Waals surface area (Å²) in [4.78, 5) is 19.0. The number of aromatic nitrogens is 2. The fourth-order valence-corrected chi connectivity index (χ4v) is 5.14. The Balaban J connectivity index is 0.00000126. The number of carbonyl (C=O) groups is 1. The second-order valence-electron chi connectivity index (χ2n) is 9.69. The van der Waals surface area contributed by atoms with Gasteiger partial charge in [-0.15, -0.1) is 13.2 Å². The number of likely N-dealkylation sites (tertiary alicyclic amines) is 1. The fourth-order valence-electron chi connectivity index (χ4n) is 5.14. The monoisotopic (exact) mass is 447 g/mol. The van der Waals surface area contributed by atoms with E-state index >= 15 is 0 Å². The molecule has 1 amide bonds. The van der Waals surface area contributed by atoms with E-state index < -0.39 is 0 Å². The number of benzene rings is 1. The number of hydrogen-bond acceptors (Lipinski definition) is 3. The topological polar surface area (TPSA) is 74.3 Å². The van der Waals surface area contributed by atoms with Gasteiger partial charge in [0.05, 0.1) is 17.8 Å². The lowest BCUT2D eigenvalue weighted by molar-refractivity contribution is -0.132. The second-order valence-corrected chi connectivity index (χ2v) is 9.69. The first kappa shape index (κ1) is 23.4. The minimum atomic E-state index is 0.146. The van der Waals surface area contributed by atoms with Crippen LogP contribution in [0.2, 0.25) is 0 Å². The normalized spacial score (nSPS) is 20.0. The van der Waals surface area contributed by atoms with Crippen molar-refractivity contribution in [3.05, 3.63) is 43.1 Å². The summed E-state index contributed by atoms with van der Waals surface area (Å²) < 4.78 is 2.19. The third kappa shape index (κ3) is 5.43. The molecule has 0 unspecified atom stereocenters. The van der Waals surface area contributed by atoms with Crippen LogP contribution in [0.5, 0.6) is 0 Å². The highest BCUT2D eigenvalue weighted by Crippen LogP contribution is 2.34. The number of rotatable bonds is 5. The Morgan fingerprint density at radius 2 is 1.82 bits per heavy atom. The minimum absolute atomic E-state index is 0.146. The largest absolute Gasteiger partial charge is 0.343 e. The molecule has 2 aliphatic carbocycles. The zero-order valence-corrected chi connectivity index (χ0v) is 19.9. The van der Waals surface area contributed by atoms with Gasteiger partial charge in [0.15, 0.2) is 0 Å². The number of carbonyl (C=O) groups excluding carboxylic acids is 1. The van der Waals surface area contributed by atoms with Crippen molar-refractivity contribution in [2.45, 2.75) is 70.8 Å². The van der Waals surface area contributed by atoms with Gasteiger partial charge in [-0.1, -0.05) is 25.0 Å². The van der Waals surface area contributed by atoms with E-state index in [0.717, 1.165) is 43.6 Å². The molecule has 2 saturated carbocycles. The molecule has 6 nitrogen and oxygen atoms in total. The van der Waals surface area contributed by atoms with Crippen molar-refractivity contribution in [2.75, 3.05) is 13.1 Å². The Bertz CT molecular complexity index is 1020. The average molecular weight is 448 g/mol. The number of amides is 1. The molecule has 1 N–H and O–H groups in total. The van der Waals surface area contributed by atoms with Crippen molar-refractivity contribution in [1.82, 2.24) is 14.7 Å². The maximum Gasteiger partial charge on any atom is 0.222 e. The van der Waals surface area contributed by atoms with Gasteiger partial charge in [0.1, 0.15) is 5.84 Å². The highest BCUT2D eigenvalue weighted by Gasteiger charge is 2.30. The van der Waals surface area contributed by atoms with Crippen LogP contribution in [0.25, 0.3) is 10.9 Å². The number of fused-ring (bicyclic) bond motifs is 1. The fraction of sp³-hybridized carbons (Fsp3) is 0.556. The Morgan fingerprint density at radius 1 is 1.12 bits per heavy atom. The summed E-state index contributed by atoms with van der Waals surface area (Å²) in [6, 6.07) is 6.91. The average Bonchev–Trinajstić information content (AvgIpc) is 3.32. The van der Waals surface area contributed by atoms with Crippen LogP contribution in [0.4, 0.5) is 0 Å². The minimum Gasteiger partial charge on any atom is -0.343 e. The Hall–Kier alpha value is -2.76. The van der Waals surface area contributed by atoms with E-state index in [1.165, 1.54) is 49.4 Å². The smallest absolute Gasteiger partial charge is 0.222 e. The van der Waals surface area contributed by atoms with Gasteiger partial charge in [0.2, 0.25) is 5.91 Å². The van der Waals surface area contributed by atoms with Crippen LogP contribution in [0.3, 0.4) is 0 Å². The Kier molecular flexibility index (Phi) is 7.41. The van der Waals surface area contributed by atoms with E-state index in [9.17, 15) is 4.79 Å². The standard InChI is InChI=1S/C25H33N5O.C2H4/c1-17(20-8-9-21-16-27-30(23(21)15-20)22-4-2-3-5-22)28-25(26)19-10-12-29(13-11-19)24(31)14-18-6-7-18;1-2/h8-9,15-16,18-19,22,26H,2-7,10-14H2,1H3;1-2H2. The lowest BCUT2D eigenvalue weighted by atomic mass is 9.95. The molecule has 1 saturated heterocycles. The van der Waals surface area contributed by atoms with E-state index in [2.05, 4.69) is 46.1 Å². The van der Waals surface area contributed by atoms with Gasteiger partial charge in [-0.05, 0) is 63.0 Å². The number of hydrogen-bond donors (Lipinski definition) is 1. The molecule has 3 fully saturated rings. The lowest BCUT2D eigenvalue weighted by Crippen LogP contribution is -2.40. The predicted octanol–water partition coefficient (Wildman–Crippen LogP) is 5.78. The molecule has 6 heteroatoms. The molecule has 0 spiro atoms. The van der Waals surface area contributed by atoms with Gasteiger partial charge in [-0.25, -0.2) is 4.99 Å².